The van der Waals surface area contributed by atoms with Gasteiger partial charge in [0.2, 0.25) is 5.91 Å². The first-order chi connectivity index (χ1) is 11.0. The standard InChI is InChI=1S/C13H10ClFN6O2/c1-20-12-8(5-16-20)13(23)21(19-18-12)6-11(22)17-10-4-7(14)2-3-9(10)15/h2-5H,6H2,1H3,(H,17,22). The first kappa shape index (κ1) is 15.1. The second kappa shape index (κ2) is 5.76. The van der Waals surface area contributed by atoms with Crippen LogP contribution in [0.1, 0.15) is 0 Å². The van der Waals surface area contributed by atoms with E-state index in [9.17, 15) is 14.0 Å². The van der Waals surface area contributed by atoms with Gasteiger partial charge in [-0.2, -0.15) is 5.10 Å². The van der Waals surface area contributed by atoms with Crippen LogP contribution in [0.25, 0.3) is 11.0 Å². The number of benzene rings is 1. The number of carbonyl (C=O) groups is 1. The molecular weight excluding hydrogens is 327 g/mol. The van der Waals surface area contributed by atoms with Gasteiger partial charge < -0.3 is 5.32 Å². The minimum atomic E-state index is -0.635. The van der Waals surface area contributed by atoms with Crippen LogP contribution in [0.5, 0.6) is 0 Å². The maximum Gasteiger partial charge on any atom is 0.281 e. The highest BCUT2D eigenvalue weighted by Gasteiger charge is 2.13. The average molecular weight is 337 g/mol. The van der Waals surface area contributed by atoms with Crippen molar-refractivity contribution in [3.05, 3.63) is 45.6 Å². The fraction of sp³-hybridized carbons (Fsp3) is 0.154. The van der Waals surface area contributed by atoms with Crippen molar-refractivity contribution in [2.75, 3.05) is 5.32 Å². The highest BCUT2D eigenvalue weighted by atomic mass is 35.5. The van der Waals surface area contributed by atoms with Crippen molar-refractivity contribution in [3.63, 3.8) is 0 Å². The Balaban J connectivity index is 1.84. The van der Waals surface area contributed by atoms with Gasteiger partial charge in [0.25, 0.3) is 5.56 Å². The molecule has 0 aliphatic rings. The van der Waals surface area contributed by atoms with Crippen LogP contribution in [0, 0.1) is 5.82 Å². The second-order valence-corrected chi connectivity index (χ2v) is 5.17. The molecule has 2 aromatic heterocycles. The van der Waals surface area contributed by atoms with Gasteiger partial charge in [-0.25, -0.2) is 13.8 Å². The van der Waals surface area contributed by atoms with Gasteiger partial charge in [-0.1, -0.05) is 16.8 Å². The van der Waals surface area contributed by atoms with E-state index in [-0.39, 0.29) is 16.1 Å². The van der Waals surface area contributed by atoms with Gasteiger partial charge in [0.15, 0.2) is 5.65 Å². The Kier molecular flexibility index (Phi) is 3.78. The van der Waals surface area contributed by atoms with Crippen molar-refractivity contribution in [2.24, 2.45) is 7.05 Å². The number of rotatable bonds is 3. The number of hydrogen-bond acceptors (Lipinski definition) is 5. The zero-order chi connectivity index (χ0) is 16.6. The lowest BCUT2D eigenvalue weighted by Gasteiger charge is -2.07. The summed E-state index contributed by atoms with van der Waals surface area (Å²) in [7, 11) is 1.62. The molecule has 0 aliphatic heterocycles. The van der Waals surface area contributed by atoms with Gasteiger partial charge in [0.05, 0.1) is 11.9 Å². The topological polar surface area (TPSA) is 94.7 Å². The number of nitrogens with one attached hydrogen (secondary N) is 1. The van der Waals surface area contributed by atoms with Crippen LogP contribution in [0.2, 0.25) is 5.02 Å². The Hall–Kier alpha value is -2.81. The van der Waals surface area contributed by atoms with Crippen LogP contribution < -0.4 is 10.9 Å². The number of anilines is 1. The number of amides is 1. The molecule has 23 heavy (non-hydrogen) atoms. The number of hydrogen-bond donors (Lipinski definition) is 1. The van der Waals surface area contributed by atoms with E-state index in [2.05, 4.69) is 20.7 Å². The summed E-state index contributed by atoms with van der Waals surface area (Å²) in [5.41, 5.74) is -0.275. The SMILES string of the molecule is Cn1ncc2c(=O)n(CC(=O)Nc3cc(Cl)ccc3F)nnc21. The van der Waals surface area contributed by atoms with Crippen LogP contribution in [-0.2, 0) is 18.4 Å². The molecule has 8 nitrogen and oxygen atoms in total. The first-order valence-corrected chi connectivity index (χ1v) is 6.84. The molecule has 0 fully saturated rings. The van der Waals surface area contributed by atoms with E-state index < -0.39 is 23.8 Å². The van der Waals surface area contributed by atoms with Crippen LogP contribution in [-0.4, -0.2) is 30.7 Å². The number of nitrogens with zero attached hydrogens (tertiary/aromatic N) is 5. The molecule has 0 unspecified atom stereocenters. The lowest BCUT2D eigenvalue weighted by Crippen LogP contribution is -2.30. The molecule has 0 radical (unpaired) electrons. The Morgan fingerprint density at radius 1 is 1.43 bits per heavy atom. The first-order valence-electron chi connectivity index (χ1n) is 6.46. The fourth-order valence-electron chi connectivity index (χ4n) is 2.00. The normalized spacial score (nSPS) is 10.9. The number of halogens is 2. The van der Waals surface area contributed by atoms with E-state index >= 15 is 0 Å². The molecule has 0 spiro atoms. The van der Waals surface area contributed by atoms with Crippen LogP contribution in [0.3, 0.4) is 0 Å². The summed E-state index contributed by atoms with van der Waals surface area (Å²) in [6, 6.07) is 3.76. The van der Waals surface area contributed by atoms with E-state index in [0.717, 1.165) is 10.7 Å². The van der Waals surface area contributed by atoms with Crippen LogP contribution >= 0.6 is 11.6 Å². The molecule has 0 aliphatic carbocycles. The molecule has 3 aromatic rings. The van der Waals surface area contributed by atoms with E-state index in [0.29, 0.717) is 5.65 Å². The highest BCUT2D eigenvalue weighted by Crippen LogP contribution is 2.19. The molecule has 0 bridgehead atoms. The maximum atomic E-state index is 13.6. The minimum Gasteiger partial charge on any atom is -0.322 e. The number of fused-ring (bicyclic) bond motifs is 1. The lowest BCUT2D eigenvalue weighted by molar-refractivity contribution is -0.117. The number of aryl methyl sites for hydroxylation is 1. The third-order valence-electron chi connectivity index (χ3n) is 3.12. The van der Waals surface area contributed by atoms with E-state index in [1.54, 1.807) is 7.05 Å². The predicted molar refractivity (Wildman–Crippen MR) is 80.6 cm³/mol. The molecule has 0 atom stereocenters. The zero-order valence-electron chi connectivity index (χ0n) is 11.8. The van der Waals surface area contributed by atoms with Gasteiger partial charge in [-0.3, -0.25) is 9.59 Å². The Bertz CT molecular complexity index is 967. The minimum absolute atomic E-state index is 0.0778. The summed E-state index contributed by atoms with van der Waals surface area (Å²) in [5, 5.41) is 14.3. The molecule has 10 heteroatoms. The molecule has 118 valence electrons. The van der Waals surface area contributed by atoms with Gasteiger partial charge in [0, 0.05) is 12.1 Å². The predicted octanol–water partition coefficient (Wildman–Crippen LogP) is 0.956. The monoisotopic (exact) mass is 336 g/mol. The second-order valence-electron chi connectivity index (χ2n) is 4.73. The largest absolute Gasteiger partial charge is 0.322 e. The maximum absolute atomic E-state index is 13.6. The van der Waals surface area contributed by atoms with Crippen molar-refractivity contribution in [1.29, 1.82) is 0 Å². The van der Waals surface area contributed by atoms with E-state index in [4.69, 9.17) is 11.6 Å². The van der Waals surface area contributed by atoms with Gasteiger partial charge in [0.1, 0.15) is 17.7 Å². The molecule has 0 saturated heterocycles. The molecule has 1 amide bonds. The molecule has 2 heterocycles. The molecular formula is C13H10ClFN6O2. The van der Waals surface area contributed by atoms with Gasteiger partial charge >= 0.3 is 0 Å². The highest BCUT2D eigenvalue weighted by molar-refractivity contribution is 6.30. The molecule has 1 aromatic carbocycles. The van der Waals surface area contributed by atoms with Crippen LogP contribution in [0.4, 0.5) is 10.1 Å². The van der Waals surface area contributed by atoms with Gasteiger partial charge in [-0.15, -0.1) is 5.10 Å². The molecule has 0 saturated carbocycles. The van der Waals surface area contributed by atoms with Crippen molar-refractivity contribution in [3.8, 4) is 0 Å². The summed E-state index contributed by atoms with van der Waals surface area (Å²) in [5.74, 6) is -1.27. The summed E-state index contributed by atoms with van der Waals surface area (Å²) in [6.45, 7) is -0.414. The van der Waals surface area contributed by atoms with Crippen LogP contribution in [0.15, 0.2) is 29.2 Å². The fourth-order valence-corrected chi connectivity index (χ4v) is 2.17. The third-order valence-corrected chi connectivity index (χ3v) is 3.35. The zero-order valence-corrected chi connectivity index (χ0v) is 12.6. The van der Waals surface area contributed by atoms with Crippen molar-refractivity contribution < 1.29 is 9.18 Å². The summed E-state index contributed by atoms with van der Waals surface area (Å²) < 4.78 is 15.9. The lowest BCUT2D eigenvalue weighted by atomic mass is 10.3. The van der Waals surface area contributed by atoms with Gasteiger partial charge in [-0.05, 0) is 18.2 Å². The molecule has 3 rings (SSSR count). The smallest absolute Gasteiger partial charge is 0.281 e. The Morgan fingerprint density at radius 2 is 2.22 bits per heavy atom. The molecule has 1 N–H and O–H groups in total. The summed E-state index contributed by atoms with van der Waals surface area (Å²) >= 11 is 5.75. The van der Waals surface area contributed by atoms with Crippen molar-refractivity contribution in [2.45, 2.75) is 6.54 Å². The third kappa shape index (κ3) is 2.90. The van der Waals surface area contributed by atoms with E-state index in [1.165, 1.54) is 23.0 Å². The number of aromatic nitrogens is 5. The van der Waals surface area contributed by atoms with Crippen molar-refractivity contribution >= 4 is 34.2 Å². The van der Waals surface area contributed by atoms with E-state index in [1.807, 2.05) is 0 Å². The van der Waals surface area contributed by atoms with Crippen molar-refractivity contribution in [1.82, 2.24) is 24.8 Å². The quantitative estimate of drug-likeness (QED) is 0.768. The average Bonchev–Trinajstić information content (AvgIpc) is 2.88. The Labute approximate surface area is 133 Å². The Morgan fingerprint density at radius 3 is 3.00 bits per heavy atom. The number of carbonyl (C=O) groups excluding carboxylic acids is 1. The summed E-state index contributed by atoms with van der Waals surface area (Å²) in [6.07, 6.45) is 1.34. The summed E-state index contributed by atoms with van der Waals surface area (Å²) in [4.78, 5) is 24.2.